The van der Waals surface area contributed by atoms with Crippen LogP contribution >= 0.6 is 0 Å². The van der Waals surface area contributed by atoms with E-state index < -0.39 is 6.17 Å². The summed E-state index contributed by atoms with van der Waals surface area (Å²) in [6.45, 7) is 5.46. The van der Waals surface area contributed by atoms with Crippen LogP contribution in [0.4, 0.5) is 4.39 Å². The zero-order chi connectivity index (χ0) is 21.4. The second-order valence-electron chi connectivity index (χ2n) is 10.8. The predicted octanol–water partition coefficient (Wildman–Crippen LogP) is 3.28. The summed E-state index contributed by atoms with van der Waals surface area (Å²) < 4.78 is 13.4. The van der Waals surface area contributed by atoms with E-state index in [2.05, 4.69) is 24.5 Å². The van der Waals surface area contributed by atoms with Crippen molar-refractivity contribution in [1.29, 1.82) is 0 Å². The van der Waals surface area contributed by atoms with Crippen molar-refractivity contribution in [2.45, 2.75) is 95.9 Å². The van der Waals surface area contributed by atoms with Crippen molar-refractivity contribution in [1.82, 2.24) is 15.5 Å². The Kier molecular flexibility index (Phi) is 6.71. The number of fused-ring (bicyclic) bond motifs is 1. The topological polar surface area (TPSA) is 61.4 Å². The van der Waals surface area contributed by atoms with Crippen LogP contribution in [-0.2, 0) is 9.59 Å². The van der Waals surface area contributed by atoms with Gasteiger partial charge in [0.15, 0.2) is 0 Å². The third-order valence-electron chi connectivity index (χ3n) is 8.74. The van der Waals surface area contributed by atoms with Gasteiger partial charge in [-0.2, -0.15) is 0 Å². The van der Waals surface area contributed by atoms with E-state index in [9.17, 15) is 14.0 Å². The molecule has 2 heterocycles. The maximum absolute atomic E-state index is 13.4. The molecule has 170 valence electrons. The SMILES string of the molecule is CC1CC2C(CN1)CC(C1CC(C(=O)NC3CCC(F)CC3)CCC1C)C(=O)N2C. The van der Waals surface area contributed by atoms with Crippen molar-refractivity contribution in [2.75, 3.05) is 13.6 Å². The Morgan fingerprint density at radius 2 is 1.80 bits per heavy atom. The number of hydrogen-bond donors (Lipinski definition) is 2. The van der Waals surface area contributed by atoms with Crippen molar-refractivity contribution in [3.8, 4) is 0 Å². The highest BCUT2D eigenvalue weighted by molar-refractivity contribution is 5.81. The molecule has 0 spiro atoms. The molecule has 0 aromatic carbocycles. The van der Waals surface area contributed by atoms with Gasteiger partial charge in [-0.25, -0.2) is 4.39 Å². The molecule has 2 aliphatic carbocycles. The van der Waals surface area contributed by atoms with E-state index in [0.29, 0.717) is 42.7 Å². The van der Waals surface area contributed by atoms with Crippen molar-refractivity contribution in [2.24, 2.45) is 29.6 Å². The molecule has 0 aromatic rings. The number of carbonyl (C=O) groups is 2. The smallest absolute Gasteiger partial charge is 0.225 e. The van der Waals surface area contributed by atoms with Crippen LogP contribution in [0.15, 0.2) is 0 Å². The molecule has 2 N–H and O–H groups in total. The lowest BCUT2D eigenvalue weighted by Crippen LogP contribution is -2.60. The summed E-state index contributed by atoms with van der Waals surface area (Å²) in [5, 5.41) is 6.80. The van der Waals surface area contributed by atoms with Crippen molar-refractivity contribution >= 4 is 11.8 Å². The molecule has 6 heteroatoms. The van der Waals surface area contributed by atoms with Gasteiger partial charge in [0.1, 0.15) is 6.17 Å². The molecule has 0 radical (unpaired) electrons. The Morgan fingerprint density at radius 1 is 1.07 bits per heavy atom. The Hall–Kier alpha value is -1.17. The first-order chi connectivity index (χ1) is 14.3. The number of nitrogens with one attached hydrogen (secondary N) is 2. The summed E-state index contributed by atoms with van der Waals surface area (Å²) in [6, 6.07) is 0.946. The Labute approximate surface area is 180 Å². The Balaban J connectivity index is 1.39. The fourth-order valence-corrected chi connectivity index (χ4v) is 6.72. The molecular weight excluding hydrogens is 381 g/mol. The number of piperidine rings is 2. The number of alkyl halides is 1. The summed E-state index contributed by atoms with van der Waals surface area (Å²) in [4.78, 5) is 28.3. The average molecular weight is 422 g/mol. The first-order valence-electron chi connectivity index (χ1n) is 12.3. The van der Waals surface area contributed by atoms with E-state index in [1.165, 1.54) is 0 Å². The Bertz CT molecular complexity index is 636. The van der Waals surface area contributed by atoms with Crippen molar-refractivity contribution in [3.05, 3.63) is 0 Å². The van der Waals surface area contributed by atoms with Gasteiger partial charge in [-0.1, -0.05) is 6.92 Å². The van der Waals surface area contributed by atoms with Crippen LogP contribution in [0.3, 0.4) is 0 Å². The maximum Gasteiger partial charge on any atom is 0.225 e. The Morgan fingerprint density at radius 3 is 2.53 bits per heavy atom. The van der Waals surface area contributed by atoms with E-state index in [4.69, 9.17) is 0 Å². The fraction of sp³-hybridized carbons (Fsp3) is 0.917. The number of amides is 2. The standard InChI is InChI=1S/C24H40FN3O2/c1-14-4-5-16(23(29)27-19-8-6-18(25)7-9-19)11-20(14)21-12-17-13-26-15(2)10-22(17)28(3)24(21)30/h14-22,26H,4-13H2,1-3H3,(H,27,29). The number of likely N-dealkylation sites (tertiary alicyclic amines) is 1. The van der Waals surface area contributed by atoms with Gasteiger partial charge in [-0.15, -0.1) is 0 Å². The lowest BCUT2D eigenvalue weighted by molar-refractivity contribution is -0.149. The zero-order valence-electron chi connectivity index (χ0n) is 18.9. The zero-order valence-corrected chi connectivity index (χ0v) is 18.9. The quantitative estimate of drug-likeness (QED) is 0.735. The van der Waals surface area contributed by atoms with E-state index in [0.717, 1.165) is 51.5 Å². The summed E-state index contributed by atoms with van der Waals surface area (Å²) in [6.07, 6.45) is 6.65. The highest BCUT2D eigenvalue weighted by Gasteiger charge is 2.47. The molecule has 0 aromatic heterocycles. The van der Waals surface area contributed by atoms with Gasteiger partial charge in [-0.3, -0.25) is 9.59 Å². The summed E-state index contributed by atoms with van der Waals surface area (Å²) >= 11 is 0. The van der Waals surface area contributed by atoms with Gasteiger partial charge in [0.05, 0.1) is 0 Å². The average Bonchev–Trinajstić information content (AvgIpc) is 2.73. The van der Waals surface area contributed by atoms with Crippen LogP contribution in [0.1, 0.15) is 71.6 Å². The number of hydrogen-bond acceptors (Lipinski definition) is 3. The maximum atomic E-state index is 13.4. The first kappa shape index (κ1) is 22.0. The summed E-state index contributed by atoms with van der Waals surface area (Å²) in [5.74, 6) is 1.75. The summed E-state index contributed by atoms with van der Waals surface area (Å²) in [5.41, 5.74) is 0. The number of carbonyl (C=O) groups excluding carboxylic acids is 2. The molecule has 2 saturated heterocycles. The minimum Gasteiger partial charge on any atom is -0.353 e. The molecule has 7 atom stereocenters. The highest BCUT2D eigenvalue weighted by atomic mass is 19.1. The minimum absolute atomic E-state index is 0.00497. The van der Waals surface area contributed by atoms with Crippen molar-refractivity contribution in [3.63, 3.8) is 0 Å². The molecule has 7 unspecified atom stereocenters. The van der Waals surface area contributed by atoms with Gasteiger partial charge in [0.25, 0.3) is 0 Å². The van der Waals surface area contributed by atoms with Gasteiger partial charge in [0, 0.05) is 43.6 Å². The molecule has 5 nitrogen and oxygen atoms in total. The third kappa shape index (κ3) is 4.53. The van der Waals surface area contributed by atoms with Gasteiger partial charge in [0.2, 0.25) is 11.8 Å². The van der Waals surface area contributed by atoms with Crippen LogP contribution < -0.4 is 10.6 Å². The molecule has 2 aliphatic heterocycles. The molecule has 30 heavy (non-hydrogen) atoms. The monoisotopic (exact) mass is 421 g/mol. The van der Waals surface area contributed by atoms with Crippen LogP contribution in [0.25, 0.3) is 0 Å². The van der Waals surface area contributed by atoms with Crippen molar-refractivity contribution < 1.29 is 14.0 Å². The van der Waals surface area contributed by atoms with Crippen LogP contribution in [0, 0.1) is 29.6 Å². The number of halogens is 1. The van der Waals surface area contributed by atoms with Crippen LogP contribution in [0.5, 0.6) is 0 Å². The molecule has 4 rings (SSSR count). The number of rotatable bonds is 3. The van der Waals surface area contributed by atoms with E-state index >= 15 is 0 Å². The molecule has 2 amide bonds. The predicted molar refractivity (Wildman–Crippen MR) is 116 cm³/mol. The third-order valence-corrected chi connectivity index (χ3v) is 8.74. The second kappa shape index (κ2) is 9.13. The largest absolute Gasteiger partial charge is 0.353 e. The number of nitrogens with zero attached hydrogens (tertiary/aromatic N) is 1. The first-order valence-corrected chi connectivity index (χ1v) is 12.3. The molecular formula is C24H40FN3O2. The van der Waals surface area contributed by atoms with Crippen LogP contribution in [-0.4, -0.2) is 54.6 Å². The van der Waals surface area contributed by atoms with Gasteiger partial charge < -0.3 is 15.5 Å². The molecule has 4 aliphatic rings. The van der Waals surface area contributed by atoms with Gasteiger partial charge >= 0.3 is 0 Å². The molecule has 4 fully saturated rings. The molecule has 0 bridgehead atoms. The highest BCUT2D eigenvalue weighted by Crippen LogP contribution is 2.44. The second-order valence-corrected chi connectivity index (χ2v) is 10.8. The molecule has 2 saturated carbocycles. The lowest BCUT2D eigenvalue weighted by Gasteiger charge is -2.50. The van der Waals surface area contributed by atoms with Crippen LogP contribution in [0.2, 0.25) is 0 Å². The normalized spacial score (nSPS) is 45.0. The fourth-order valence-electron chi connectivity index (χ4n) is 6.72. The summed E-state index contributed by atoms with van der Waals surface area (Å²) in [7, 11) is 1.99. The van der Waals surface area contributed by atoms with E-state index in [-0.39, 0.29) is 29.7 Å². The van der Waals surface area contributed by atoms with E-state index in [1.807, 2.05) is 11.9 Å². The minimum atomic E-state index is -0.701. The van der Waals surface area contributed by atoms with E-state index in [1.54, 1.807) is 0 Å². The lowest BCUT2D eigenvalue weighted by atomic mass is 9.64. The van der Waals surface area contributed by atoms with Gasteiger partial charge in [-0.05, 0) is 82.5 Å².